The number of hydrogen-bond acceptors (Lipinski definition) is 5. The molecule has 3 rings (SSSR count). The predicted molar refractivity (Wildman–Crippen MR) is 110 cm³/mol. The maximum atomic E-state index is 6.15. The molecule has 1 saturated heterocycles. The lowest BCUT2D eigenvalue weighted by molar-refractivity contribution is 0.0579. The van der Waals surface area contributed by atoms with Crippen LogP contribution in [0.1, 0.15) is 32.1 Å². The Morgan fingerprint density at radius 1 is 1.08 bits per heavy atom. The quantitative estimate of drug-likeness (QED) is 0.651. The maximum Gasteiger partial charge on any atom is 0.215 e. The SMILES string of the molecule is CCOc1ccc(NC(c2ccccc2)P2(=S)OCC(C)(C)CO2)cc1. The van der Waals surface area contributed by atoms with Gasteiger partial charge in [-0.1, -0.05) is 44.2 Å². The highest BCUT2D eigenvalue weighted by Gasteiger charge is 2.39. The zero-order chi connectivity index (χ0) is 18.6. The molecule has 0 saturated carbocycles. The molecular weight excluding hydrogens is 365 g/mol. The molecule has 2 aromatic carbocycles. The topological polar surface area (TPSA) is 39.7 Å². The second-order valence-electron chi connectivity index (χ2n) is 7.17. The zero-order valence-corrected chi connectivity index (χ0v) is 17.2. The van der Waals surface area contributed by atoms with Gasteiger partial charge in [0.15, 0.2) is 0 Å². The summed E-state index contributed by atoms with van der Waals surface area (Å²) in [5, 5.41) is 3.54. The Balaban J connectivity index is 1.86. The van der Waals surface area contributed by atoms with E-state index in [0.717, 1.165) is 17.0 Å². The molecule has 1 heterocycles. The molecule has 0 bridgehead atoms. The summed E-state index contributed by atoms with van der Waals surface area (Å²) in [6, 6.07) is 18.0. The van der Waals surface area contributed by atoms with Crippen LogP contribution in [-0.4, -0.2) is 19.8 Å². The van der Waals surface area contributed by atoms with Crippen LogP contribution in [0, 0.1) is 5.41 Å². The standard InChI is InChI=1S/C20H26NO3PS/c1-4-22-18-12-10-17(11-13-18)21-19(16-8-6-5-7-9-16)25(26)23-14-20(2,3)15-24-25/h5-13,19,21H,4,14-15H2,1-3H3. The van der Waals surface area contributed by atoms with Crippen molar-refractivity contribution in [3.8, 4) is 5.75 Å². The van der Waals surface area contributed by atoms with Crippen LogP contribution in [-0.2, 0) is 20.9 Å². The first-order valence-electron chi connectivity index (χ1n) is 8.85. The minimum atomic E-state index is -2.52. The summed E-state index contributed by atoms with van der Waals surface area (Å²) in [5.74, 6) is 0.650. The normalized spacial score (nSPS) is 19.5. The Labute approximate surface area is 161 Å². The Morgan fingerprint density at radius 3 is 2.27 bits per heavy atom. The third-order valence-corrected chi connectivity index (χ3v) is 7.47. The number of ether oxygens (including phenoxy) is 1. The van der Waals surface area contributed by atoms with Crippen LogP contribution in [0.4, 0.5) is 5.69 Å². The lowest BCUT2D eigenvalue weighted by Crippen LogP contribution is -2.31. The number of hydrogen-bond donors (Lipinski definition) is 1. The largest absolute Gasteiger partial charge is 0.494 e. The molecule has 0 amide bonds. The molecule has 0 aromatic heterocycles. The van der Waals surface area contributed by atoms with Crippen LogP contribution in [0.25, 0.3) is 0 Å². The highest BCUT2D eigenvalue weighted by Crippen LogP contribution is 2.64. The van der Waals surface area contributed by atoms with Gasteiger partial charge in [0.2, 0.25) is 6.49 Å². The average Bonchev–Trinajstić information content (AvgIpc) is 2.65. The summed E-state index contributed by atoms with van der Waals surface area (Å²) in [5.41, 5.74) is 2.02. The van der Waals surface area contributed by atoms with Crippen molar-refractivity contribution in [2.45, 2.75) is 26.6 Å². The summed E-state index contributed by atoms with van der Waals surface area (Å²) in [7, 11) is 0. The van der Waals surface area contributed by atoms with Gasteiger partial charge in [-0.15, -0.1) is 0 Å². The molecule has 1 fully saturated rings. The van der Waals surface area contributed by atoms with Gasteiger partial charge in [-0.05, 0) is 48.6 Å². The van der Waals surface area contributed by atoms with E-state index in [0.29, 0.717) is 19.8 Å². The molecule has 140 valence electrons. The van der Waals surface area contributed by atoms with Gasteiger partial charge in [-0.2, -0.15) is 0 Å². The number of anilines is 1. The molecule has 6 heteroatoms. The van der Waals surface area contributed by atoms with Crippen molar-refractivity contribution in [3.05, 3.63) is 60.2 Å². The fourth-order valence-corrected chi connectivity index (χ4v) is 5.83. The molecule has 2 aromatic rings. The Kier molecular flexibility index (Phi) is 6.03. The summed E-state index contributed by atoms with van der Waals surface area (Å²) < 4.78 is 17.8. The first kappa shape index (κ1) is 19.4. The van der Waals surface area contributed by atoms with Gasteiger partial charge >= 0.3 is 0 Å². The van der Waals surface area contributed by atoms with Crippen LogP contribution in [0.5, 0.6) is 5.75 Å². The van der Waals surface area contributed by atoms with E-state index in [1.807, 2.05) is 49.4 Å². The van der Waals surface area contributed by atoms with Crippen LogP contribution >= 0.6 is 6.49 Å². The van der Waals surface area contributed by atoms with Crippen molar-refractivity contribution < 1.29 is 13.8 Å². The van der Waals surface area contributed by atoms with E-state index < -0.39 is 6.49 Å². The molecule has 1 N–H and O–H groups in total. The van der Waals surface area contributed by atoms with Gasteiger partial charge in [-0.25, -0.2) is 0 Å². The Morgan fingerprint density at radius 2 is 1.69 bits per heavy atom. The van der Waals surface area contributed by atoms with Crippen molar-refractivity contribution in [1.82, 2.24) is 0 Å². The fourth-order valence-electron chi connectivity index (χ4n) is 2.71. The van der Waals surface area contributed by atoms with Crippen molar-refractivity contribution in [2.24, 2.45) is 5.41 Å². The number of nitrogens with one attached hydrogen (secondary N) is 1. The summed E-state index contributed by atoms with van der Waals surface area (Å²) in [4.78, 5) is 0. The first-order chi connectivity index (χ1) is 12.4. The molecule has 1 aliphatic rings. The van der Waals surface area contributed by atoms with E-state index in [1.54, 1.807) is 0 Å². The smallest absolute Gasteiger partial charge is 0.215 e. The maximum absolute atomic E-state index is 6.15. The number of rotatable bonds is 6. The van der Waals surface area contributed by atoms with Gasteiger partial charge < -0.3 is 19.1 Å². The van der Waals surface area contributed by atoms with Gasteiger partial charge in [0.25, 0.3) is 0 Å². The average molecular weight is 391 g/mol. The molecule has 26 heavy (non-hydrogen) atoms. The van der Waals surface area contributed by atoms with Gasteiger partial charge in [0.1, 0.15) is 11.5 Å². The van der Waals surface area contributed by atoms with E-state index >= 15 is 0 Å². The monoisotopic (exact) mass is 391 g/mol. The minimum Gasteiger partial charge on any atom is -0.494 e. The highest BCUT2D eigenvalue weighted by atomic mass is 32.5. The summed E-state index contributed by atoms with van der Waals surface area (Å²) in [6.07, 6.45) is 0. The molecule has 0 aliphatic carbocycles. The van der Waals surface area contributed by atoms with Gasteiger partial charge in [0, 0.05) is 11.1 Å². The molecule has 1 unspecified atom stereocenters. The second-order valence-corrected chi connectivity index (χ2v) is 10.8. The van der Waals surface area contributed by atoms with Crippen LogP contribution in [0.3, 0.4) is 0 Å². The van der Waals surface area contributed by atoms with Crippen LogP contribution < -0.4 is 10.1 Å². The van der Waals surface area contributed by atoms with Gasteiger partial charge in [0.05, 0.1) is 19.8 Å². The molecule has 0 radical (unpaired) electrons. The molecule has 0 spiro atoms. The van der Waals surface area contributed by atoms with Crippen molar-refractivity contribution in [1.29, 1.82) is 0 Å². The number of benzene rings is 2. The lowest BCUT2D eigenvalue weighted by atomic mass is 9.97. The van der Waals surface area contributed by atoms with E-state index in [1.165, 1.54) is 0 Å². The second kappa shape index (κ2) is 8.10. The lowest BCUT2D eigenvalue weighted by Gasteiger charge is -2.40. The summed E-state index contributed by atoms with van der Waals surface area (Å²) in [6.45, 7) is 5.58. The van der Waals surface area contributed by atoms with Gasteiger partial charge in [-0.3, -0.25) is 0 Å². The highest BCUT2D eigenvalue weighted by molar-refractivity contribution is 8.10. The van der Waals surface area contributed by atoms with E-state index in [4.69, 9.17) is 25.6 Å². The van der Waals surface area contributed by atoms with Crippen LogP contribution in [0.2, 0.25) is 0 Å². The van der Waals surface area contributed by atoms with Crippen molar-refractivity contribution >= 4 is 24.0 Å². The third-order valence-electron chi connectivity index (χ3n) is 4.17. The van der Waals surface area contributed by atoms with Crippen molar-refractivity contribution in [3.63, 3.8) is 0 Å². The first-order valence-corrected chi connectivity index (χ1v) is 11.6. The van der Waals surface area contributed by atoms with Crippen LogP contribution in [0.15, 0.2) is 54.6 Å². The Hall–Kier alpha value is -1.39. The van der Waals surface area contributed by atoms with E-state index in [2.05, 4.69) is 31.3 Å². The summed E-state index contributed by atoms with van der Waals surface area (Å²) >= 11 is 5.91. The molecule has 1 atom stereocenters. The predicted octanol–water partition coefficient (Wildman–Crippen LogP) is 5.58. The van der Waals surface area contributed by atoms with E-state index in [9.17, 15) is 0 Å². The van der Waals surface area contributed by atoms with E-state index in [-0.39, 0.29) is 11.2 Å². The minimum absolute atomic E-state index is 0.0112. The molecule has 1 aliphatic heterocycles. The molecule has 4 nitrogen and oxygen atoms in total. The third kappa shape index (κ3) is 4.66. The fraction of sp³-hybridized carbons (Fsp3) is 0.400. The molecular formula is C20H26NO3PS. The van der Waals surface area contributed by atoms with Crippen molar-refractivity contribution in [2.75, 3.05) is 25.1 Å². The zero-order valence-electron chi connectivity index (χ0n) is 15.5. The Bertz CT molecular complexity index is 750.